The highest BCUT2D eigenvalue weighted by Crippen LogP contribution is 2.26. The zero-order chi connectivity index (χ0) is 12.1. The molecule has 0 saturated heterocycles. The van der Waals surface area contributed by atoms with E-state index in [0.29, 0.717) is 15.7 Å². The van der Waals surface area contributed by atoms with E-state index >= 15 is 0 Å². The first-order chi connectivity index (χ1) is 7.56. The number of anilines is 1. The third-order valence-corrected chi connectivity index (χ3v) is 2.61. The summed E-state index contributed by atoms with van der Waals surface area (Å²) in [5, 5.41) is 5.43. The molecule has 0 aromatic heterocycles. The number of likely N-dealkylation sites (N-methyl/N-ethyl adjacent to an activating group) is 1. The van der Waals surface area contributed by atoms with Gasteiger partial charge >= 0.3 is 0 Å². The number of carbonyl (C=O) groups excluding carboxylic acids is 2. The Morgan fingerprint density at radius 3 is 2.62 bits per heavy atom. The first-order valence-electron chi connectivity index (χ1n) is 4.80. The molecular weight excluding hydrogens is 272 g/mol. The standard InChI is InChI=1S/C11H13BrN2O2/c1-7(15)14-11-8(10(16)6-13-2)4-3-5-9(11)12/h3-5,13H,6H2,1-2H3,(H,14,15). The van der Waals surface area contributed by atoms with Crippen LogP contribution in [0, 0.1) is 0 Å². The highest BCUT2D eigenvalue weighted by Gasteiger charge is 2.13. The minimum atomic E-state index is -0.203. The van der Waals surface area contributed by atoms with Crippen molar-refractivity contribution in [2.75, 3.05) is 18.9 Å². The molecule has 0 aliphatic heterocycles. The minimum absolute atomic E-state index is 0.0625. The van der Waals surface area contributed by atoms with Crippen LogP contribution in [0.1, 0.15) is 17.3 Å². The number of carbonyl (C=O) groups is 2. The van der Waals surface area contributed by atoms with Crippen LogP contribution in [-0.4, -0.2) is 25.3 Å². The normalized spacial score (nSPS) is 9.94. The largest absolute Gasteiger partial charge is 0.325 e. The monoisotopic (exact) mass is 284 g/mol. The van der Waals surface area contributed by atoms with E-state index in [1.54, 1.807) is 25.2 Å². The number of benzene rings is 1. The Bertz CT molecular complexity index is 418. The highest BCUT2D eigenvalue weighted by atomic mass is 79.9. The van der Waals surface area contributed by atoms with E-state index in [0.717, 1.165) is 0 Å². The lowest BCUT2D eigenvalue weighted by Crippen LogP contribution is -2.20. The van der Waals surface area contributed by atoms with Gasteiger partial charge in [0.05, 0.1) is 12.2 Å². The number of hydrogen-bond donors (Lipinski definition) is 2. The Kier molecular flexibility index (Phi) is 4.64. The SMILES string of the molecule is CNCC(=O)c1cccc(Br)c1NC(C)=O. The molecule has 0 spiro atoms. The fraction of sp³-hybridized carbons (Fsp3) is 0.273. The van der Waals surface area contributed by atoms with Gasteiger partial charge in [0.1, 0.15) is 0 Å². The van der Waals surface area contributed by atoms with Crippen molar-refractivity contribution < 1.29 is 9.59 Å². The second-order valence-electron chi connectivity index (χ2n) is 3.30. The Morgan fingerprint density at radius 1 is 1.38 bits per heavy atom. The van der Waals surface area contributed by atoms with Gasteiger partial charge in [-0.05, 0) is 35.1 Å². The van der Waals surface area contributed by atoms with Crippen LogP contribution in [0.25, 0.3) is 0 Å². The lowest BCUT2D eigenvalue weighted by Gasteiger charge is -2.10. The van der Waals surface area contributed by atoms with Gasteiger partial charge in [-0.2, -0.15) is 0 Å². The molecule has 1 amide bonds. The number of Topliss-reactive ketones (excluding diaryl/α,β-unsaturated/α-hetero) is 1. The smallest absolute Gasteiger partial charge is 0.221 e. The topological polar surface area (TPSA) is 58.2 Å². The number of hydrogen-bond acceptors (Lipinski definition) is 3. The van der Waals surface area contributed by atoms with E-state index in [9.17, 15) is 9.59 Å². The zero-order valence-electron chi connectivity index (χ0n) is 9.13. The van der Waals surface area contributed by atoms with E-state index in [2.05, 4.69) is 26.6 Å². The lowest BCUT2D eigenvalue weighted by molar-refractivity contribution is -0.114. The Morgan fingerprint density at radius 2 is 2.06 bits per heavy atom. The molecule has 5 heteroatoms. The first-order valence-corrected chi connectivity index (χ1v) is 5.59. The van der Waals surface area contributed by atoms with E-state index in [1.165, 1.54) is 6.92 Å². The summed E-state index contributed by atoms with van der Waals surface area (Å²) in [6.07, 6.45) is 0. The van der Waals surface area contributed by atoms with Crippen molar-refractivity contribution in [1.29, 1.82) is 0 Å². The second-order valence-corrected chi connectivity index (χ2v) is 4.15. The Hall–Kier alpha value is -1.20. The van der Waals surface area contributed by atoms with Gasteiger partial charge in [-0.15, -0.1) is 0 Å². The third-order valence-electron chi connectivity index (χ3n) is 1.95. The van der Waals surface area contributed by atoms with Crippen LogP contribution in [0.3, 0.4) is 0 Å². The molecule has 0 aliphatic rings. The van der Waals surface area contributed by atoms with Gasteiger partial charge in [-0.25, -0.2) is 0 Å². The fourth-order valence-corrected chi connectivity index (χ4v) is 1.78. The van der Waals surface area contributed by atoms with Crippen LogP contribution in [0.5, 0.6) is 0 Å². The molecule has 2 N–H and O–H groups in total. The van der Waals surface area contributed by atoms with Gasteiger partial charge in [-0.1, -0.05) is 6.07 Å². The molecule has 1 aromatic carbocycles. The number of nitrogens with one attached hydrogen (secondary N) is 2. The van der Waals surface area contributed by atoms with Crippen LogP contribution in [0.2, 0.25) is 0 Å². The van der Waals surface area contributed by atoms with Crippen molar-refractivity contribution in [2.45, 2.75) is 6.92 Å². The number of rotatable bonds is 4. The van der Waals surface area contributed by atoms with Crippen molar-refractivity contribution in [2.24, 2.45) is 0 Å². The quantitative estimate of drug-likeness (QED) is 0.829. The summed E-state index contributed by atoms with van der Waals surface area (Å²) < 4.78 is 0.699. The molecule has 0 aliphatic carbocycles. The summed E-state index contributed by atoms with van der Waals surface area (Å²) in [5.41, 5.74) is 1.02. The number of ketones is 1. The molecule has 1 aromatic rings. The maximum absolute atomic E-state index is 11.8. The van der Waals surface area contributed by atoms with Gasteiger partial charge in [0, 0.05) is 17.0 Å². The van der Waals surface area contributed by atoms with Crippen LogP contribution < -0.4 is 10.6 Å². The van der Waals surface area contributed by atoms with Crippen molar-refractivity contribution in [1.82, 2.24) is 5.32 Å². The average molecular weight is 285 g/mol. The van der Waals surface area contributed by atoms with Crippen LogP contribution in [-0.2, 0) is 4.79 Å². The van der Waals surface area contributed by atoms with Gasteiger partial charge in [-0.3, -0.25) is 9.59 Å². The Labute approximate surface area is 103 Å². The maximum Gasteiger partial charge on any atom is 0.221 e. The zero-order valence-corrected chi connectivity index (χ0v) is 10.7. The molecule has 0 fully saturated rings. The Balaban J connectivity index is 3.11. The molecule has 0 bridgehead atoms. The molecule has 16 heavy (non-hydrogen) atoms. The number of amides is 1. The second kappa shape index (κ2) is 5.77. The summed E-state index contributed by atoms with van der Waals surface area (Å²) in [5.74, 6) is -0.266. The summed E-state index contributed by atoms with van der Waals surface area (Å²) in [6.45, 7) is 1.65. The molecule has 0 heterocycles. The van der Waals surface area contributed by atoms with E-state index in [1.807, 2.05) is 0 Å². The van der Waals surface area contributed by atoms with Crippen LogP contribution >= 0.6 is 15.9 Å². The molecule has 1 rings (SSSR count). The van der Waals surface area contributed by atoms with E-state index < -0.39 is 0 Å². The highest BCUT2D eigenvalue weighted by molar-refractivity contribution is 9.10. The average Bonchev–Trinajstić information content (AvgIpc) is 2.20. The summed E-state index contributed by atoms with van der Waals surface area (Å²) in [4.78, 5) is 22.8. The van der Waals surface area contributed by atoms with Crippen molar-refractivity contribution in [3.63, 3.8) is 0 Å². The third kappa shape index (κ3) is 3.15. The van der Waals surface area contributed by atoms with E-state index in [4.69, 9.17) is 0 Å². The van der Waals surface area contributed by atoms with Gasteiger partial charge < -0.3 is 10.6 Å². The van der Waals surface area contributed by atoms with Gasteiger partial charge in [0.25, 0.3) is 0 Å². The van der Waals surface area contributed by atoms with Gasteiger partial charge in [0.15, 0.2) is 5.78 Å². The molecule has 86 valence electrons. The minimum Gasteiger partial charge on any atom is -0.325 e. The van der Waals surface area contributed by atoms with Crippen molar-refractivity contribution in [3.05, 3.63) is 28.2 Å². The maximum atomic E-state index is 11.8. The molecule has 0 unspecified atom stereocenters. The van der Waals surface area contributed by atoms with Crippen molar-refractivity contribution in [3.8, 4) is 0 Å². The summed E-state index contributed by atoms with van der Waals surface area (Å²) in [6, 6.07) is 5.23. The van der Waals surface area contributed by atoms with Crippen LogP contribution in [0.4, 0.5) is 5.69 Å². The number of para-hydroxylation sites is 1. The van der Waals surface area contributed by atoms with E-state index in [-0.39, 0.29) is 18.2 Å². The summed E-state index contributed by atoms with van der Waals surface area (Å²) >= 11 is 3.31. The fourth-order valence-electron chi connectivity index (χ4n) is 1.32. The van der Waals surface area contributed by atoms with Gasteiger partial charge in [0.2, 0.25) is 5.91 Å². The van der Waals surface area contributed by atoms with Crippen LogP contribution in [0.15, 0.2) is 22.7 Å². The molecule has 0 atom stereocenters. The lowest BCUT2D eigenvalue weighted by atomic mass is 10.1. The molecular formula is C11H13BrN2O2. The first kappa shape index (κ1) is 12.9. The predicted octanol–water partition coefficient (Wildman–Crippen LogP) is 1.81. The molecule has 0 radical (unpaired) electrons. The predicted molar refractivity (Wildman–Crippen MR) is 66.7 cm³/mol. The number of halogens is 1. The molecule has 4 nitrogen and oxygen atoms in total. The molecule has 0 saturated carbocycles. The van der Waals surface area contributed by atoms with Crippen molar-refractivity contribution >= 4 is 33.3 Å². The summed E-state index contributed by atoms with van der Waals surface area (Å²) in [7, 11) is 1.70.